The zero-order valence-electron chi connectivity index (χ0n) is 9.53. The molecule has 0 bridgehead atoms. The Balaban J connectivity index is 2.27. The van der Waals surface area contributed by atoms with Crippen molar-refractivity contribution in [3.8, 4) is 0 Å². The number of rotatable bonds is 4. The number of hydrogen-bond acceptors (Lipinski definition) is 2. The highest BCUT2D eigenvalue weighted by Crippen LogP contribution is 2.28. The van der Waals surface area contributed by atoms with Gasteiger partial charge in [0.25, 0.3) is 5.91 Å². The van der Waals surface area contributed by atoms with Gasteiger partial charge in [-0.05, 0) is 31.0 Å². The second-order valence-corrected chi connectivity index (χ2v) is 4.22. The van der Waals surface area contributed by atoms with Crippen LogP contribution in [-0.2, 0) is 0 Å². The molecule has 2 N–H and O–H groups in total. The Hall–Kier alpha value is -1.84. The largest absolute Gasteiger partial charge is 0.399 e. The minimum absolute atomic E-state index is 0.0405. The summed E-state index contributed by atoms with van der Waals surface area (Å²) < 4.78 is 13.6. The number of halogens is 1. The lowest BCUT2D eigenvalue weighted by molar-refractivity contribution is 0.0758. The number of benzene rings is 1. The van der Waals surface area contributed by atoms with Crippen LogP contribution >= 0.6 is 0 Å². The van der Waals surface area contributed by atoms with Gasteiger partial charge in [-0.3, -0.25) is 4.79 Å². The summed E-state index contributed by atoms with van der Waals surface area (Å²) in [7, 11) is 0. The average molecular weight is 234 g/mol. The number of amides is 1. The van der Waals surface area contributed by atoms with E-state index in [1.54, 1.807) is 11.0 Å². The molecule has 0 unspecified atom stereocenters. The molecule has 2 rings (SSSR count). The average Bonchev–Trinajstić information content (AvgIpc) is 3.12. The van der Waals surface area contributed by atoms with Crippen molar-refractivity contribution in [3.63, 3.8) is 0 Å². The molecule has 4 heteroatoms. The molecule has 1 aromatic rings. The molecule has 1 aliphatic carbocycles. The van der Waals surface area contributed by atoms with Crippen molar-refractivity contribution in [2.45, 2.75) is 18.9 Å². The number of nitrogens with two attached hydrogens (primary N) is 1. The Morgan fingerprint density at radius 2 is 2.29 bits per heavy atom. The molecule has 0 heterocycles. The molecule has 0 radical (unpaired) electrons. The molecule has 1 aromatic carbocycles. The topological polar surface area (TPSA) is 46.3 Å². The molecule has 1 amide bonds. The van der Waals surface area contributed by atoms with E-state index in [1.165, 1.54) is 18.2 Å². The monoisotopic (exact) mass is 234 g/mol. The fourth-order valence-electron chi connectivity index (χ4n) is 1.78. The predicted molar refractivity (Wildman–Crippen MR) is 65.1 cm³/mol. The van der Waals surface area contributed by atoms with E-state index in [2.05, 4.69) is 6.58 Å². The standard InChI is InChI=1S/C13H15FN2O/c1-2-7-16(10-4-5-10)13(17)11-8-9(15)3-6-12(11)14/h2-3,6,8,10H,1,4-5,7,15H2. The van der Waals surface area contributed by atoms with Crippen molar-refractivity contribution in [1.29, 1.82) is 0 Å². The first kappa shape index (κ1) is 11.6. The molecule has 1 aliphatic rings. The number of nitrogen functional groups attached to an aromatic ring is 1. The van der Waals surface area contributed by atoms with Crippen molar-refractivity contribution in [1.82, 2.24) is 4.90 Å². The number of carbonyl (C=O) groups excluding carboxylic acids is 1. The maximum Gasteiger partial charge on any atom is 0.257 e. The fourth-order valence-corrected chi connectivity index (χ4v) is 1.78. The van der Waals surface area contributed by atoms with Crippen LogP contribution in [0.2, 0.25) is 0 Å². The molecular weight excluding hydrogens is 219 g/mol. The van der Waals surface area contributed by atoms with E-state index in [0.717, 1.165) is 12.8 Å². The van der Waals surface area contributed by atoms with Crippen LogP contribution in [0.4, 0.5) is 10.1 Å². The lowest BCUT2D eigenvalue weighted by atomic mass is 10.1. The molecule has 90 valence electrons. The highest BCUT2D eigenvalue weighted by Gasteiger charge is 2.33. The number of nitrogens with zero attached hydrogens (tertiary/aromatic N) is 1. The van der Waals surface area contributed by atoms with E-state index in [9.17, 15) is 9.18 Å². The van der Waals surface area contributed by atoms with Crippen LogP contribution in [0, 0.1) is 5.82 Å². The first-order valence-electron chi connectivity index (χ1n) is 5.60. The maximum atomic E-state index is 13.6. The summed E-state index contributed by atoms with van der Waals surface area (Å²) in [5.41, 5.74) is 6.01. The van der Waals surface area contributed by atoms with Crippen LogP contribution in [0.5, 0.6) is 0 Å². The summed E-state index contributed by atoms with van der Waals surface area (Å²) in [4.78, 5) is 13.8. The third-order valence-corrected chi connectivity index (χ3v) is 2.80. The van der Waals surface area contributed by atoms with Gasteiger partial charge in [0.15, 0.2) is 0 Å². The first-order chi connectivity index (χ1) is 8.13. The van der Waals surface area contributed by atoms with E-state index < -0.39 is 5.82 Å². The normalized spacial score (nSPS) is 14.4. The van der Waals surface area contributed by atoms with Gasteiger partial charge in [0.2, 0.25) is 0 Å². The molecule has 1 fully saturated rings. The second-order valence-electron chi connectivity index (χ2n) is 4.22. The number of hydrogen-bond donors (Lipinski definition) is 1. The third-order valence-electron chi connectivity index (χ3n) is 2.80. The summed E-state index contributed by atoms with van der Waals surface area (Å²) in [5, 5.41) is 0. The lowest BCUT2D eigenvalue weighted by Crippen LogP contribution is -2.33. The Morgan fingerprint density at radius 3 is 2.88 bits per heavy atom. The smallest absolute Gasteiger partial charge is 0.257 e. The molecule has 0 atom stereocenters. The van der Waals surface area contributed by atoms with Gasteiger partial charge < -0.3 is 10.6 Å². The van der Waals surface area contributed by atoms with Crippen LogP contribution < -0.4 is 5.73 Å². The van der Waals surface area contributed by atoms with E-state index in [1.807, 2.05) is 0 Å². The van der Waals surface area contributed by atoms with E-state index in [4.69, 9.17) is 5.73 Å². The zero-order chi connectivity index (χ0) is 12.4. The minimum atomic E-state index is -0.529. The van der Waals surface area contributed by atoms with Gasteiger partial charge in [-0.1, -0.05) is 6.08 Å². The van der Waals surface area contributed by atoms with Crippen LogP contribution in [0.3, 0.4) is 0 Å². The summed E-state index contributed by atoms with van der Waals surface area (Å²) in [6, 6.07) is 4.28. The van der Waals surface area contributed by atoms with Gasteiger partial charge >= 0.3 is 0 Å². The number of carbonyl (C=O) groups is 1. The zero-order valence-corrected chi connectivity index (χ0v) is 9.53. The van der Waals surface area contributed by atoms with Crippen molar-refractivity contribution >= 4 is 11.6 Å². The third kappa shape index (κ3) is 2.46. The highest BCUT2D eigenvalue weighted by atomic mass is 19.1. The van der Waals surface area contributed by atoms with Crippen molar-refractivity contribution < 1.29 is 9.18 Å². The van der Waals surface area contributed by atoms with E-state index >= 15 is 0 Å². The van der Waals surface area contributed by atoms with Gasteiger partial charge in [0.05, 0.1) is 5.56 Å². The fraction of sp³-hybridized carbons (Fsp3) is 0.308. The summed E-state index contributed by atoms with van der Waals surface area (Å²) in [5.74, 6) is -0.837. The Morgan fingerprint density at radius 1 is 1.59 bits per heavy atom. The number of anilines is 1. The van der Waals surface area contributed by atoms with Gasteiger partial charge in [-0.2, -0.15) is 0 Å². The van der Waals surface area contributed by atoms with E-state index in [0.29, 0.717) is 12.2 Å². The van der Waals surface area contributed by atoms with Crippen LogP contribution in [0.25, 0.3) is 0 Å². The van der Waals surface area contributed by atoms with Crippen LogP contribution in [0.15, 0.2) is 30.9 Å². The molecule has 0 saturated heterocycles. The molecule has 17 heavy (non-hydrogen) atoms. The van der Waals surface area contributed by atoms with Crippen molar-refractivity contribution in [2.24, 2.45) is 0 Å². The summed E-state index contributed by atoms with van der Waals surface area (Å²) in [6.45, 7) is 4.06. The van der Waals surface area contributed by atoms with Gasteiger partial charge in [-0.15, -0.1) is 6.58 Å². The van der Waals surface area contributed by atoms with E-state index in [-0.39, 0.29) is 17.5 Å². The SMILES string of the molecule is C=CCN(C(=O)c1cc(N)ccc1F)C1CC1. The van der Waals surface area contributed by atoms with Crippen molar-refractivity contribution in [3.05, 3.63) is 42.2 Å². The van der Waals surface area contributed by atoms with Gasteiger partial charge in [0, 0.05) is 18.3 Å². The summed E-state index contributed by atoms with van der Waals surface area (Å²) >= 11 is 0. The first-order valence-corrected chi connectivity index (χ1v) is 5.60. The minimum Gasteiger partial charge on any atom is -0.399 e. The molecule has 3 nitrogen and oxygen atoms in total. The van der Waals surface area contributed by atoms with Gasteiger partial charge in [0.1, 0.15) is 5.82 Å². The molecular formula is C13H15FN2O. The quantitative estimate of drug-likeness (QED) is 0.641. The summed E-state index contributed by atoms with van der Waals surface area (Å²) in [6.07, 6.45) is 3.60. The second kappa shape index (κ2) is 4.57. The Kier molecular flexibility index (Phi) is 3.13. The molecule has 0 aliphatic heterocycles. The van der Waals surface area contributed by atoms with Crippen molar-refractivity contribution in [2.75, 3.05) is 12.3 Å². The van der Waals surface area contributed by atoms with Gasteiger partial charge in [-0.25, -0.2) is 4.39 Å². The molecule has 0 aromatic heterocycles. The highest BCUT2D eigenvalue weighted by molar-refractivity contribution is 5.95. The lowest BCUT2D eigenvalue weighted by Gasteiger charge is -2.21. The Labute approximate surface area is 99.7 Å². The van der Waals surface area contributed by atoms with Crippen LogP contribution in [-0.4, -0.2) is 23.4 Å². The maximum absolute atomic E-state index is 13.6. The van der Waals surface area contributed by atoms with Crippen LogP contribution in [0.1, 0.15) is 23.2 Å². The Bertz CT molecular complexity index is 455. The predicted octanol–water partition coefficient (Wildman–Crippen LogP) is 2.20. The molecule has 1 saturated carbocycles. The molecule has 0 spiro atoms.